The Morgan fingerprint density at radius 1 is 1.14 bits per heavy atom. The van der Waals surface area contributed by atoms with Crippen LogP contribution in [-0.4, -0.2) is 97.5 Å². The molecule has 3 N–H and O–H groups in total. The van der Waals surface area contributed by atoms with E-state index in [9.17, 15) is 14.4 Å². The molecule has 0 saturated carbocycles. The lowest BCUT2D eigenvalue weighted by molar-refractivity contribution is -0.139. The monoisotopic (exact) mass is 485 g/mol. The zero-order valence-corrected chi connectivity index (χ0v) is 21.1. The zero-order valence-electron chi connectivity index (χ0n) is 21.1. The van der Waals surface area contributed by atoms with E-state index in [-0.39, 0.29) is 36.7 Å². The number of Topliss-reactive ketones (excluding diaryl/α,β-unsaturated/α-hetero) is 1. The molecule has 3 fully saturated rings. The van der Waals surface area contributed by atoms with Crippen molar-refractivity contribution in [2.45, 2.75) is 57.8 Å². The highest BCUT2D eigenvalue weighted by Crippen LogP contribution is 2.28. The molecular weight excluding hydrogens is 446 g/mol. The van der Waals surface area contributed by atoms with Crippen molar-refractivity contribution >= 4 is 23.3 Å². The molecule has 1 aromatic rings. The van der Waals surface area contributed by atoms with Gasteiger partial charge in [0.1, 0.15) is 24.8 Å². The lowest BCUT2D eigenvalue weighted by Crippen LogP contribution is -2.54. The molecule has 9 nitrogen and oxygen atoms in total. The number of carbonyl (C=O) groups is 3. The number of ether oxygens (including phenoxy) is 1. The van der Waals surface area contributed by atoms with Crippen molar-refractivity contribution in [3.8, 4) is 0 Å². The van der Waals surface area contributed by atoms with E-state index in [4.69, 9.17) is 10.5 Å². The Labute approximate surface area is 207 Å². The van der Waals surface area contributed by atoms with E-state index in [2.05, 4.69) is 22.0 Å². The van der Waals surface area contributed by atoms with Crippen molar-refractivity contribution in [2.75, 3.05) is 50.8 Å². The smallest absolute Gasteiger partial charge is 0.251 e. The first kappa shape index (κ1) is 25.6. The summed E-state index contributed by atoms with van der Waals surface area (Å²) in [6, 6.07) is 5.79. The normalized spacial score (nSPS) is 26.5. The van der Waals surface area contributed by atoms with Crippen LogP contribution in [0.1, 0.15) is 44.0 Å². The molecule has 3 aliphatic rings. The molecule has 0 unspecified atom stereocenters. The first-order valence-corrected chi connectivity index (χ1v) is 12.9. The van der Waals surface area contributed by atoms with Crippen molar-refractivity contribution in [2.24, 2.45) is 11.7 Å². The molecule has 1 aromatic carbocycles. The molecule has 2 amide bonds. The van der Waals surface area contributed by atoms with E-state index < -0.39 is 24.2 Å². The highest BCUT2D eigenvalue weighted by atomic mass is 16.5. The zero-order chi connectivity index (χ0) is 25.1. The molecule has 0 spiro atoms. The van der Waals surface area contributed by atoms with Crippen LogP contribution in [0.4, 0.5) is 5.69 Å². The van der Waals surface area contributed by atoms with Gasteiger partial charge in [-0.2, -0.15) is 0 Å². The molecule has 3 aliphatic heterocycles. The summed E-state index contributed by atoms with van der Waals surface area (Å²) >= 11 is 0. The second-order valence-electron chi connectivity index (χ2n) is 10.1. The maximum Gasteiger partial charge on any atom is 0.251 e. The highest BCUT2D eigenvalue weighted by molar-refractivity contribution is 5.99. The van der Waals surface area contributed by atoms with Crippen LogP contribution in [0, 0.1) is 5.92 Å². The Morgan fingerprint density at radius 2 is 1.83 bits per heavy atom. The van der Waals surface area contributed by atoms with Gasteiger partial charge in [-0.25, -0.2) is 0 Å². The second kappa shape index (κ2) is 11.1. The fourth-order valence-corrected chi connectivity index (χ4v) is 5.37. The van der Waals surface area contributed by atoms with Crippen LogP contribution < -0.4 is 16.0 Å². The average molecular weight is 486 g/mol. The van der Waals surface area contributed by atoms with Gasteiger partial charge in [-0.3, -0.25) is 19.3 Å². The summed E-state index contributed by atoms with van der Waals surface area (Å²) in [6.45, 7) is 11.5. The summed E-state index contributed by atoms with van der Waals surface area (Å²) in [5.41, 5.74) is 7.76. The summed E-state index contributed by atoms with van der Waals surface area (Å²) in [4.78, 5) is 45.4. The Balaban J connectivity index is 1.42. The maximum atomic E-state index is 13.5. The number of fused-ring (bicyclic) bond motifs is 1. The van der Waals surface area contributed by atoms with Gasteiger partial charge in [0.25, 0.3) is 5.91 Å². The van der Waals surface area contributed by atoms with Crippen LogP contribution in [0.15, 0.2) is 24.3 Å². The minimum atomic E-state index is -0.738. The topological polar surface area (TPSA) is 108 Å². The van der Waals surface area contributed by atoms with Gasteiger partial charge in [-0.15, -0.1) is 0 Å². The Bertz CT molecular complexity index is 915. The van der Waals surface area contributed by atoms with Crippen LogP contribution in [0.2, 0.25) is 0 Å². The van der Waals surface area contributed by atoms with Crippen molar-refractivity contribution in [3.63, 3.8) is 0 Å². The van der Waals surface area contributed by atoms with Gasteiger partial charge in [-0.05, 0) is 43.1 Å². The number of rotatable bonds is 8. The SMILES string of the molecule is CCCN1CCN(c2ccc(C(=O)N[C@H](C(=O)N3C[C@@H](N)[C@H]4OCC(=O)[C@H]43)[C@@H](C)CC)cc2)CC1. The molecule has 5 atom stereocenters. The van der Waals surface area contributed by atoms with Crippen molar-refractivity contribution < 1.29 is 19.1 Å². The van der Waals surface area contributed by atoms with Crippen LogP contribution in [0.3, 0.4) is 0 Å². The Kier molecular flexibility index (Phi) is 8.09. The summed E-state index contributed by atoms with van der Waals surface area (Å²) in [5, 5.41) is 2.95. The molecule has 0 aliphatic carbocycles. The minimum absolute atomic E-state index is 0.0207. The molecule has 3 saturated heterocycles. The van der Waals surface area contributed by atoms with Gasteiger partial charge in [-0.1, -0.05) is 27.2 Å². The van der Waals surface area contributed by atoms with E-state index in [0.29, 0.717) is 12.0 Å². The van der Waals surface area contributed by atoms with E-state index in [1.807, 2.05) is 38.1 Å². The average Bonchev–Trinajstić information content (AvgIpc) is 3.42. The number of piperazine rings is 1. The first-order chi connectivity index (χ1) is 16.8. The predicted octanol–water partition coefficient (Wildman–Crippen LogP) is 0.869. The highest BCUT2D eigenvalue weighted by Gasteiger charge is 2.52. The third-order valence-corrected chi connectivity index (χ3v) is 7.68. The van der Waals surface area contributed by atoms with Gasteiger partial charge in [0.05, 0.1) is 6.04 Å². The third kappa shape index (κ3) is 5.37. The third-order valence-electron chi connectivity index (χ3n) is 7.68. The predicted molar refractivity (Wildman–Crippen MR) is 134 cm³/mol. The summed E-state index contributed by atoms with van der Waals surface area (Å²) in [6.07, 6.45) is 1.41. The van der Waals surface area contributed by atoms with Crippen molar-refractivity contribution in [1.82, 2.24) is 15.1 Å². The molecule has 192 valence electrons. The number of ketones is 1. The molecular formula is C26H39N5O4. The number of anilines is 1. The molecule has 0 radical (unpaired) electrons. The number of nitrogens with two attached hydrogens (primary N) is 1. The van der Waals surface area contributed by atoms with Gasteiger partial charge in [0, 0.05) is 44.0 Å². The van der Waals surface area contributed by atoms with Gasteiger partial charge in [0.2, 0.25) is 5.91 Å². The molecule has 0 aromatic heterocycles. The lowest BCUT2D eigenvalue weighted by atomic mass is 9.96. The van der Waals surface area contributed by atoms with Crippen LogP contribution in [0.25, 0.3) is 0 Å². The van der Waals surface area contributed by atoms with Crippen molar-refractivity contribution in [1.29, 1.82) is 0 Å². The number of hydrogen-bond donors (Lipinski definition) is 2. The van der Waals surface area contributed by atoms with Crippen LogP contribution >= 0.6 is 0 Å². The number of hydrogen-bond acceptors (Lipinski definition) is 7. The summed E-state index contributed by atoms with van der Waals surface area (Å²) < 4.78 is 5.52. The molecule has 4 rings (SSSR count). The lowest BCUT2D eigenvalue weighted by Gasteiger charge is -2.36. The van der Waals surface area contributed by atoms with Gasteiger partial charge >= 0.3 is 0 Å². The van der Waals surface area contributed by atoms with Crippen LogP contribution in [-0.2, 0) is 14.3 Å². The molecule has 35 heavy (non-hydrogen) atoms. The van der Waals surface area contributed by atoms with Crippen molar-refractivity contribution in [3.05, 3.63) is 29.8 Å². The Morgan fingerprint density at radius 3 is 2.46 bits per heavy atom. The van der Waals surface area contributed by atoms with Crippen LogP contribution in [0.5, 0.6) is 0 Å². The minimum Gasteiger partial charge on any atom is -0.369 e. The van der Waals surface area contributed by atoms with E-state index in [0.717, 1.165) is 38.4 Å². The van der Waals surface area contributed by atoms with E-state index in [1.165, 1.54) is 11.3 Å². The fraction of sp³-hybridized carbons (Fsp3) is 0.654. The van der Waals surface area contributed by atoms with E-state index >= 15 is 0 Å². The number of amides is 2. The number of likely N-dealkylation sites (tertiary alicyclic amines) is 1. The van der Waals surface area contributed by atoms with Gasteiger partial charge < -0.3 is 25.6 Å². The first-order valence-electron chi connectivity index (χ1n) is 12.9. The number of carbonyl (C=O) groups excluding carboxylic acids is 3. The Hall–Kier alpha value is -2.49. The molecule has 3 heterocycles. The molecule has 9 heteroatoms. The largest absolute Gasteiger partial charge is 0.369 e. The summed E-state index contributed by atoms with van der Waals surface area (Å²) in [5.74, 6) is -0.789. The van der Waals surface area contributed by atoms with E-state index in [1.54, 1.807) is 0 Å². The van der Waals surface area contributed by atoms with Gasteiger partial charge in [0.15, 0.2) is 5.78 Å². The second-order valence-corrected chi connectivity index (χ2v) is 10.1. The number of benzene rings is 1. The number of nitrogens with zero attached hydrogens (tertiary/aromatic N) is 3. The standard InChI is InChI=1S/C26H39N5O4/c1-4-10-29-11-13-30(14-12-29)19-8-6-18(7-9-19)25(33)28-22(17(3)5-2)26(34)31-15-20(27)24-23(31)21(32)16-35-24/h6-9,17,20,22-24H,4-5,10-16,27H2,1-3H3,(H,28,33)/t17-,20+,22-,23+,24+/m0/s1. The quantitative estimate of drug-likeness (QED) is 0.562. The summed E-state index contributed by atoms with van der Waals surface area (Å²) in [7, 11) is 0. The fourth-order valence-electron chi connectivity index (χ4n) is 5.37. The maximum absolute atomic E-state index is 13.5. The molecule has 0 bridgehead atoms. The number of nitrogens with one attached hydrogen (secondary N) is 1.